The SMILES string of the molecule is O=C1NCCC1CCCC1CCNC1=O. The Hall–Kier alpha value is -1.06. The molecule has 2 aliphatic rings. The molecular formula is C11H18N2O2. The maximum absolute atomic E-state index is 11.3. The van der Waals surface area contributed by atoms with E-state index in [2.05, 4.69) is 10.6 Å². The maximum atomic E-state index is 11.3. The largest absolute Gasteiger partial charge is 0.356 e. The van der Waals surface area contributed by atoms with E-state index in [-0.39, 0.29) is 23.7 Å². The summed E-state index contributed by atoms with van der Waals surface area (Å²) < 4.78 is 0. The zero-order chi connectivity index (χ0) is 10.7. The molecule has 2 saturated heterocycles. The molecule has 0 saturated carbocycles. The van der Waals surface area contributed by atoms with Crippen LogP contribution in [0.25, 0.3) is 0 Å². The third-order valence-electron chi connectivity index (χ3n) is 3.43. The Labute approximate surface area is 89.8 Å². The van der Waals surface area contributed by atoms with Gasteiger partial charge < -0.3 is 10.6 Å². The second kappa shape index (κ2) is 4.64. The van der Waals surface area contributed by atoms with Gasteiger partial charge in [0.1, 0.15) is 0 Å². The summed E-state index contributed by atoms with van der Waals surface area (Å²) in [6, 6.07) is 0. The van der Waals surface area contributed by atoms with Gasteiger partial charge in [-0.1, -0.05) is 6.42 Å². The Balaban J connectivity index is 1.66. The predicted octanol–water partition coefficient (Wildman–Crippen LogP) is 0.429. The van der Waals surface area contributed by atoms with E-state index in [1.807, 2.05) is 0 Å². The molecule has 4 nitrogen and oxygen atoms in total. The van der Waals surface area contributed by atoms with Crippen LogP contribution in [-0.4, -0.2) is 24.9 Å². The van der Waals surface area contributed by atoms with Gasteiger partial charge in [-0.15, -0.1) is 0 Å². The number of nitrogens with one attached hydrogen (secondary N) is 2. The lowest BCUT2D eigenvalue weighted by Crippen LogP contribution is -2.20. The standard InChI is InChI=1S/C11H18N2O2/c14-10-8(4-6-12-10)2-1-3-9-5-7-13-11(9)15/h8-9H,1-7H2,(H,12,14)(H,13,15). The zero-order valence-electron chi connectivity index (χ0n) is 8.92. The van der Waals surface area contributed by atoms with Crippen molar-refractivity contribution in [3.63, 3.8) is 0 Å². The number of hydrogen-bond acceptors (Lipinski definition) is 2. The van der Waals surface area contributed by atoms with Crippen LogP contribution < -0.4 is 10.6 Å². The van der Waals surface area contributed by atoms with E-state index >= 15 is 0 Å². The number of rotatable bonds is 4. The molecule has 0 radical (unpaired) electrons. The molecule has 2 fully saturated rings. The highest BCUT2D eigenvalue weighted by Crippen LogP contribution is 2.22. The average molecular weight is 210 g/mol. The molecule has 0 bridgehead atoms. The fourth-order valence-corrected chi connectivity index (χ4v) is 2.45. The van der Waals surface area contributed by atoms with Crippen LogP contribution in [0.15, 0.2) is 0 Å². The maximum Gasteiger partial charge on any atom is 0.223 e. The van der Waals surface area contributed by atoms with Crippen molar-refractivity contribution in [3.05, 3.63) is 0 Å². The van der Waals surface area contributed by atoms with Crippen molar-refractivity contribution in [3.8, 4) is 0 Å². The summed E-state index contributed by atoms with van der Waals surface area (Å²) in [6.45, 7) is 1.65. The topological polar surface area (TPSA) is 58.2 Å². The van der Waals surface area contributed by atoms with Crippen LogP contribution in [-0.2, 0) is 9.59 Å². The van der Waals surface area contributed by atoms with Crippen LogP contribution >= 0.6 is 0 Å². The van der Waals surface area contributed by atoms with Crippen molar-refractivity contribution in [2.24, 2.45) is 11.8 Å². The van der Waals surface area contributed by atoms with E-state index in [1.54, 1.807) is 0 Å². The number of carbonyl (C=O) groups excluding carboxylic acids is 2. The third-order valence-corrected chi connectivity index (χ3v) is 3.43. The van der Waals surface area contributed by atoms with Crippen LogP contribution in [0.1, 0.15) is 32.1 Å². The Morgan fingerprint density at radius 2 is 1.40 bits per heavy atom. The lowest BCUT2D eigenvalue weighted by Gasteiger charge is -2.08. The molecule has 15 heavy (non-hydrogen) atoms. The van der Waals surface area contributed by atoms with Gasteiger partial charge in [-0.25, -0.2) is 0 Å². The van der Waals surface area contributed by atoms with Crippen molar-refractivity contribution in [2.45, 2.75) is 32.1 Å². The van der Waals surface area contributed by atoms with E-state index in [1.165, 1.54) is 0 Å². The van der Waals surface area contributed by atoms with Gasteiger partial charge >= 0.3 is 0 Å². The van der Waals surface area contributed by atoms with Gasteiger partial charge in [0.2, 0.25) is 11.8 Å². The minimum atomic E-state index is 0.200. The molecule has 2 heterocycles. The monoisotopic (exact) mass is 210 g/mol. The average Bonchev–Trinajstić information content (AvgIpc) is 2.78. The smallest absolute Gasteiger partial charge is 0.223 e. The van der Waals surface area contributed by atoms with E-state index in [0.29, 0.717) is 0 Å². The van der Waals surface area contributed by atoms with Gasteiger partial charge in [-0.2, -0.15) is 0 Å². The van der Waals surface area contributed by atoms with E-state index in [4.69, 9.17) is 0 Å². The Morgan fingerprint density at radius 1 is 0.933 bits per heavy atom. The predicted molar refractivity (Wildman–Crippen MR) is 56.1 cm³/mol. The summed E-state index contributed by atoms with van der Waals surface area (Å²) in [5.41, 5.74) is 0. The highest BCUT2D eigenvalue weighted by molar-refractivity contribution is 5.81. The highest BCUT2D eigenvalue weighted by atomic mass is 16.2. The Morgan fingerprint density at radius 3 is 1.73 bits per heavy atom. The molecule has 84 valence electrons. The number of amides is 2. The summed E-state index contributed by atoms with van der Waals surface area (Å²) in [5, 5.41) is 5.68. The van der Waals surface area contributed by atoms with Crippen LogP contribution in [0.2, 0.25) is 0 Å². The molecule has 2 aliphatic heterocycles. The van der Waals surface area contributed by atoms with Crippen LogP contribution in [0.5, 0.6) is 0 Å². The van der Waals surface area contributed by atoms with Gasteiger partial charge in [0.25, 0.3) is 0 Å². The van der Waals surface area contributed by atoms with Gasteiger partial charge in [0.05, 0.1) is 0 Å². The first-order valence-electron chi connectivity index (χ1n) is 5.83. The first-order valence-corrected chi connectivity index (χ1v) is 5.83. The van der Waals surface area contributed by atoms with Crippen LogP contribution in [0.4, 0.5) is 0 Å². The summed E-state index contributed by atoms with van der Waals surface area (Å²) in [5.74, 6) is 0.806. The minimum absolute atomic E-state index is 0.200. The molecule has 0 spiro atoms. The van der Waals surface area contributed by atoms with Crippen molar-refractivity contribution in [1.82, 2.24) is 10.6 Å². The summed E-state index contributed by atoms with van der Waals surface area (Å²) in [7, 11) is 0. The zero-order valence-corrected chi connectivity index (χ0v) is 8.92. The molecule has 2 atom stereocenters. The van der Waals surface area contributed by atoms with Crippen LogP contribution in [0.3, 0.4) is 0 Å². The molecule has 4 heteroatoms. The molecule has 2 unspecified atom stereocenters. The second-order valence-electron chi connectivity index (χ2n) is 4.48. The third kappa shape index (κ3) is 2.49. The van der Waals surface area contributed by atoms with E-state index in [9.17, 15) is 9.59 Å². The van der Waals surface area contributed by atoms with Crippen molar-refractivity contribution in [1.29, 1.82) is 0 Å². The highest BCUT2D eigenvalue weighted by Gasteiger charge is 2.26. The second-order valence-corrected chi connectivity index (χ2v) is 4.48. The Bertz CT molecular complexity index is 239. The van der Waals surface area contributed by atoms with Crippen molar-refractivity contribution in [2.75, 3.05) is 13.1 Å². The molecule has 0 aromatic rings. The van der Waals surface area contributed by atoms with E-state index in [0.717, 1.165) is 45.2 Å². The van der Waals surface area contributed by atoms with Crippen molar-refractivity contribution >= 4 is 11.8 Å². The van der Waals surface area contributed by atoms with Crippen LogP contribution in [0, 0.1) is 11.8 Å². The van der Waals surface area contributed by atoms with Gasteiger partial charge in [0.15, 0.2) is 0 Å². The quantitative estimate of drug-likeness (QED) is 0.707. The fourth-order valence-electron chi connectivity index (χ4n) is 2.45. The molecular weight excluding hydrogens is 192 g/mol. The molecule has 2 amide bonds. The number of carbonyl (C=O) groups is 2. The molecule has 2 N–H and O–H groups in total. The summed E-state index contributed by atoms with van der Waals surface area (Å²) >= 11 is 0. The normalized spacial score (nSPS) is 30.4. The molecule has 0 aliphatic carbocycles. The van der Waals surface area contributed by atoms with E-state index < -0.39 is 0 Å². The molecule has 0 aromatic heterocycles. The first-order chi connectivity index (χ1) is 7.27. The number of hydrogen-bond donors (Lipinski definition) is 2. The lowest BCUT2D eigenvalue weighted by molar-refractivity contribution is -0.122. The van der Waals surface area contributed by atoms with Gasteiger partial charge in [0, 0.05) is 24.9 Å². The van der Waals surface area contributed by atoms with Gasteiger partial charge in [-0.05, 0) is 25.7 Å². The fraction of sp³-hybridized carbons (Fsp3) is 0.818. The lowest BCUT2D eigenvalue weighted by atomic mass is 9.95. The minimum Gasteiger partial charge on any atom is -0.356 e. The van der Waals surface area contributed by atoms with Crippen molar-refractivity contribution < 1.29 is 9.59 Å². The molecule has 0 aromatic carbocycles. The summed E-state index contributed by atoms with van der Waals surface area (Å²) in [6.07, 6.45) is 4.81. The Kier molecular flexibility index (Phi) is 3.23. The molecule has 2 rings (SSSR count). The summed E-state index contributed by atoms with van der Waals surface area (Å²) in [4.78, 5) is 22.6. The van der Waals surface area contributed by atoms with Gasteiger partial charge in [-0.3, -0.25) is 9.59 Å². The first kappa shape index (κ1) is 10.5.